The standard InChI is InChI=1S/C23H25NO6S/c1-5-18-15-23(21(25)29-3,22(26)30-4)20(17-9-7-6-8-10-17)24(18)31(27,28)19-13-11-16(2)12-14-19/h5-14,18,20H,1,15H2,2-4H3/t18-,20+/m0/s1. The van der Waals surface area contributed by atoms with Gasteiger partial charge in [0.15, 0.2) is 5.41 Å². The van der Waals surface area contributed by atoms with Crippen LogP contribution in [0.2, 0.25) is 0 Å². The molecule has 0 amide bonds. The van der Waals surface area contributed by atoms with Gasteiger partial charge in [-0.1, -0.05) is 54.1 Å². The number of hydrogen-bond acceptors (Lipinski definition) is 6. The second kappa shape index (κ2) is 8.64. The lowest BCUT2D eigenvalue weighted by Crippen LogP contribution is -2.47. The molecule has 0 aromatic heterocycles. The van der Waals surface area contributed by atoms with Crippen LogP contribution < -0.4 is 0 Å². The maximum absolute atomic E-state index is 13.8. The number of carbonyl (C=O) groups excluding carboxylic acids is 2. The Balaban J connectivity index is 2.32. The van der Waals surface area contributed by atoms with Crippen molar-refractivity contribution in [1.29, 1.82) is 0 Å². The van der Waals surface area contributed by atoms with E-state index < -0.39 is 39.5 Å². The summed E-state index contributed by atoms with van der Waals surface area (Å²) in [6.07, 6.45) is 1.27. The largest absolute Gasteiger partial charge is 0.468 e. The average molecular weight is 444 g/mol. The van der Waals surface area contributed by atoms with Crippen molar-refractivity contribution in [3.8, 4) is 0 Å². The van der Waals surface area contributed by atoms with Crippen LogP contribution >= 0.6 is 0 Å². The Kier molecular flexibility index (Phi) is 6.33. The molecule has 1 fully saturated rings. The Bertz CT molecular complexity index is 1060. The van der Waals surface area contributed by atoms with Crippen molar-refractivity contribution < 1.29 is 27.5 Å². The quantitative estimate of drug-likeness (QED) is 0.387. The highest BCUT2D eigenvalue weighted by Gasteiger charge is 2.66. The summed E-state index contributed by atoms with van der Waals surface area (Å²) in [5.41, 5.74) is -0.515. The average Bonchev–Trinajstić information content (AvgIpc) is 3.16. The van der Waals surface area contributed by atoms with Crippen molar-refractivity contribution in [3.05, 3.63) is 78.4 Å². The molecule has 31 heavy (non-hydrogen) atoms. The van der Waals surface area contributed by atoms with E-state index in [1.807, 2.05) is 6.92 Å². The Morgan fingerprint density at radius 2 is 1.58 bits per heavy atom. The van der Waals surface area contributed by atoms with Crippen molar-refractivity contribution in [2.45, 2.75) is 30.3 Å². The van der Waals surface area contributed by atoms with Gasteiger partial charge in [0.2, 0.25) is 10.0 Å². The highest BCUT2D eigenvalue weighted by molar-refractivity contribution is 7.89. The van der Waals surface area contributed by atoms with E-state index >= 15 is 0 Å². The molecule has 7 nitrogen and oxygen atoms in total. The Morgan fingerprint density at radius 3 is 2.06 bits per heavy atom. The minimum atomic E-state index is -4.12. The highest BCUT2D eigenvalue weighted by Crippen LogP contribution is 2.54. The molecule has 8 heteroatoms. The van der Waals surface area contributed by atoms with Crippen molar-refractivity contribution in [1.82, 2.24) is 4.31 Å². The fourth-order valence-corrected chi connectivity index (χ4v) is 6.00. The highest BCUT2D eigenvalue weighted by atomic mass is 32.2. The molecule has 0 saturated carbocycles. The second-order valence-corrected chi connectivity index (χ2v) is 9.27. The Hall–Kier alpha value is -2.97. The van der Waals surface area contributed by atoms with E-state index in [2.05, 4.69) is 6.58 Å². The van der Waals surface area contributed by atoms with Gasteiger partial charge in [-0.15, -0.1) is 6.58 Å². The Labute approximate surface area is 182 Å². The van der Waals surface area contributed by atoms with E-state index in [1.165, 1.54) is 22.5 Å². The van der Waals surface area contributed by atoms with Crippen LogP contribution in [0, 0.1) is 12.3 Å². The van der Waals surface area contributed by atoms with Crippen molar-refractivity contribution in [3.63, 3.8) is 0 Å². The molecule has 2 aromatic carbocycles. The molecule has 1 saturated heterocycles. The van der Waals surface area contributed by atoms with Crippen molar-refractivity contribution >= 4 is 22.0 Å². The third kappa shape index (κ3) is 3.66. The van der Waals surface area contributed by atoms with Gasteiger partial charge in [0.1, 0.15) is 0 Å². The number of carbonyl (C=O) groups is 2. The topological polar surface area (TPSA) is 90.0 Å². The van der Waals surface area contributed by atoms with Crippen LogP contribution in [0.15, 0.2) is 72.1 Å². The van der Waals surface area contributed by atoms with Gasteiger partial charge in [0.05, 0.1) is 25.2 Å². The molecule has 1 aliphatic heterocycles. The molecule has 0 unspecified atom stereocenters. The van der Waals surface area contributed by atoms with E-state index in [9.17, 15) is 18.0 Å². The molecule has 3 rings (SSSR count). The molecule has 0 bridgehead atoms. The molecule has 1 aliphatic rings. The van der Waals surface area contributed by atoms with Gasteiger partial charge < -0.3 is 9.47 Å². The molecule has 1 heterocycles. The number of benzene rings is 2. The molecular formula is C23H25NO6S. The summed E-state index contributed by atoms with van der Waals surface area (Å²) < 4.78 is 38.7. The Morgan fingerprint density at radius 1 is 1.03 bits per heavy atom. The number of methoxy groups -OCH3 is 2. The first-order valence-corrected chi connectivity index (χ1v) is 11.1. The van der Waals surface area contributed by atoms with Gasteiger partial charge in [-0.2, -0.15) is 4.31 Å². The summed E-state index contributed by atoms with van der Waals surface area (Å²) >= 11 is 0. The molecule has 2 atom stereocenters. The summed E-state index contributed by atoms with van der Waals surface area (Å²) in [5.74, 6) is -1.72. The van der Waals surface area contributed by atoms with Crippen LogP contribution in [0.1, 0.15) is 23.6 Å². The zero-order chi connectivity index (χ0) is 22.8. The minimum absolute atomic E-state index is 0.0522. The fourth-order valence-electron chi connectivity index (χ4n) is 4.18. The number of sulfonamides is 1. The van der Waals surface area contributed by atoms with Crippen LogP contribution in [0.25, 0.3) is 0 Å². The normalized spacial score (nSPS) is 20.7. The monoisotopic (exact) mass is 443 g/mol. The molecular weight excluding hydrogens is 418 g/mol. The molecule has 0 N–H and O–H groups in total. The first kappa shape index (κ1) is 22.7. The van der Waals surface area contributed by atoms with Crippen LogP contribution in [-0.4, -0.2) is 44.9 Å². The van der Waals surface area contributed by atoms with Gasteiger partial charge in [0.25, 0.3) is 0 Å². The number of aryl methyl sites for hydroxylation is 1. The zero-order valence-electron chi connectivity index (χ0n) is 17.6. The smallest absolute Gasteiger partial charge is 0.325 e. The van der Waals surface area contributed by atoms with Crippen molar-refractivity contribution in [2.75, 3.05) is 14.2 Å². The molecule has 2 aromatic rings. The number of esters is 2. The lowest BCUT2D eigenvalue weighted by atomic mass is 9.76. The molecule has 0 radical (unpaired) electrons. The maximum Gasteiger partial charge on any atom is 0.325 e. The van der Waals surface area contributed by atoms with E-state index in [0.717, 1.165) is 19.8 Å². The summed E-state index contributed by atoms with van der Waals surface area (Å²) in [5, 5.41) is 0. The van der Waals surface area contributed by atoms with Gasteiger partial charge in [-0.3, -0.25) is 9.59 Å². The number of rotatable bonds is 6. The third-order valence-corrected chi connectivity index (χ3v) is 7.57. The SMILES string of the molecule is C=C[C@H]1CC(C(=O)OC)(C(=O)OC)[C@@H](c2ccccc2)N1S(=O)(=O)c1ccc(C)cc1. The second-order valence-electron chi connectivity index (χ2n) is 7.42. The number of nitrogens with zero attached hydrogens (tertiary/aromatic N) is 1. The number of hydrogen-bond donors (Lipinski definition) is 0. The first-order valence-electron chi connectivity index (χ1n) is 9.68. The predicted molar refractivity (Wildman–Crippen MR) is 114 cm³/mol. The van der Waals surface area contributed by atoms with Gasteiger partial charge in [0, 0.05) is 6.04 Å². The summed E-state index contributed by atoms with van der Waals surface area (Å²) in [6, 6.07) is 12.9. The van der Waals surface area contributed by atoms with Gasteiger partial charge >= 0.3 is 11.9 Å². The number of ether oxygens (including phenoxy) is 2. The molecule has 164 valence electrons. The summed E-state index contributed by atoms with van der Waals surface area (Å²) in [7, 11) is -1.80. The summed E-state index contributed by atoms with van der Waals surface area (Å²) in [4.78, 5) is 26.2. The van der Waals surface area contributed by atoms with Crippen LogP contribution in [0.5, 0.6) is 0 Å². The molecule has 0 aliphatic carbocycles. The van der Waals surface area contributed by atoms with Gasteiger partial charge in [-0.05, 0) is 31.0 Å². The van der Waals surface area contributed by atoms with Crippen molar-refractivity contribution in [2.24, 2.45) is 5.41 Å². The predicted octanol–water partition coefficient (Wildman–Crippen LogP) is 3.02. The fraction of sp³-hybridized carbons (Fsp3) is 0.304. The third-order valence-electron chi connectivity index (χ3n) is 5.66. The van der Waals surface area contributed by atoms with Crippen LogP contribution in [0.3, 0.4) is 0 Å². The van der Waals surface area contributed by atoms with E-state index in [-0.39, 0.29) is 11.3 Å². The zero-order valence-corrected chi connectivity index (χ0v) is 18.5. The lowest BCUT2D eigenvalue weighted by Gasteiger charge is -2.34. The van der Waals surface area contributed by atoms with E-state index in [1.54, 1.807) is 42.5 Å². The summed E-state index contributed by atoms with van der Waals surface area (Å²) in [6.45, 7) is 5.62. The van der Waals surface area contributed by atoms with Crippen LogP contribution in [-0.2, 0) is 29.1 Å². The molecule has 0 spiro atoms. The van der Waals surface area contributed by atoms with E-state index in [0.29, 0.717) is 5.56 Å². The lowest BCUT2D eigenvalue weighted by molar-refractivity contribution is -0.170. The minimum Gasteiger partial charge on any atom is -0.468 e. The van der Waals surface area contributed by atoms with Gasteiger partial charge in [-0.25, -0.2) is 8.42 Å². The van der Waals surface area contributed by atoms with Crippen LogP contribution in [0.4, 0.5) is 0 Å². The van der Waals surface area contributed by atoms with E-state index in [4.69, 9.17) is 9.47 Å². The maximum atomic E-state index is 13.8. The first-order chi connectivity index (χ1) is 14.7.